The van der Waals surface area contributed by atoms with Crippen molar-refractivity contribution in [3.63, 3.8) is 0 Å². The van der Waals surface area contributed by atoms with Crippen molar-refractivity contribution in [1.82, 2.24) is 0 Å². The Morgan fingerprint density at radius 1 is 0.725 bits per heavy atom. The molecule has 0 aliphatic carbocycles. The molecule has 8 atom stereocenters. The summed E-state index contributed by atoms with van der Waals surface area (Å²) in [7, 11) is 0. The highest BCUT2D eigenvalue weighted by Crippen LogP contribution is 2.50. The van der Waals surface area contributed by atoms with E-state index in [1.165, 1.54) is 38.2 Å². The van der Waals surface area contributed by atoms with Gasteiger partial charge in [0, 0.05) is 11.1 Å². The number of ether oxygens (including phenoxy) is 6. The molecule has 0 radical (unpaired) electrons. The Bertz CT molecular complexity index is 1170. The van der Waals surface area contributed by atoms with E-state index in [2.05, 4.69) is 13.2 Å². The number of hydrogen-bond acceptors (Lipinski definition) is 12. The number of aliphatic carboxylic acids is 2. The number of hydrogen-bond donors (Lipinski definition) is 2. The van der Waals surface area contributed by atoms with Crippen molar-refractivity contribution in [2.45, 2.75) is 37.6 Å². The monoisotopic (exact) mass is 562 g/mol. The van der Waals surface area contributed by atoms with Crippen LogP contribution in [0.2, 0.25) is 0 Å². The van der Waals surface area contributed by atoms with Gasteiger partial charge >= 0.3 is 35.8 Å². The van der Waals surface area contributed by atoms with Crippen molar-refractivity contribution in [2.24, 2.45) is 23.7 Å². The highest BCUT2D eigenvalue weighted by atomic mass is 16.7. The summed E-state index contributed by atoms with van der Waals surface area (Å²) < 4.78 is 31.9. The van der Waals surface area contributed by atoms with Crippen LogP contribution in [-0.4, -0.2) is 83.0 Å². The molecule has 0 saturated carbocycles. The zero-order chi connectivity index (χ0) is 29.6. The molecule has 4 rings (SSSR count). The zero-order valence-corrected chi connectivity index (χ0v) is 21.4. The lowest BCUT2D eigenvalue weighted by Gasteiger charge is -2.30. The topological polar surface area (TPSA) is 198 Å². The smallest absolute Gasteiger partial charge is 0.335 e. The average molecular weight is 562 g/mol. The maximum absolute atomic E-state index is 13.0. The molecular weight excluding hydrogens is 536 g/mol. The van der Waals surface area contributed by atoms with Gasteiger partial charge in [-0.05, 0) is 26.0 Å². The molecule has 4 aliphatic heterocycles. The molecule has 4 heterocycles. The van der Waals surface area contributed by atoms with Crippen LogP contribution in [0.15, 0.2) is 48.6 Å². The first-order chi connectivity index (χ1) is 18.7. The summed E-state index contributed by atoms with van der Waals surface area (Å²) >= 11 is 0. The van der Waals surface area contributed by atoms with Crippen LogP contribution in [0.3, 0.4) is 0 Å². The Labute approximate surface area is 226 Å². The second-order valence-corrected chi connectivity index (χ2v) is 9.68. The summed E-state index contributed by atoms with van der Waals surface area (Å²) in [5.74, 6) is -16.9. The van der Waals surface area contributed by atoms with Gasteiger partial charge in [-0.3, -0.25) is 19.2 Å². The van der Waals surface area contributed by atoms with Crippen LogP contribution in [0, 0.1) is 23.7 Å². The molecule has 0 aromatic carbocycles. The second kappa shape index (κ2) is 10.4. The highest BCUT2D eigenvalue weighted by Gasteiger charge is 2.67. The van der Waals surface area contributed by atoms with E-state index in [1.54, 1.807) is 0 Å². The van der Waals surface area contributed by atoms with E-state index < -0.39 is 96.5 Å². The third-order valence-corrected chi connectivity index (χ3v) is 6.82. The molecular formula is C26H26O14. The van der Waals surface area contributed by atoms with E-state index in [9.17, 15) is 39.0 Å². The number of carbonyl (C=O) groups excluding carboxylic acids is 4. The van der Waals surface area contributed by atoms with Gasteiger partial charge in [-0.25, -0.2) is 9.59 Å². The van der Waals surface area contributed by atoms with E-state index in [1.807, 2.05) is 0 Å². The SMILES string of the molecule is C=C(C)C(=O)O[C@]12C=C[C@H](O1)[C@H](C(=O)O)[C@@H]2C(=O)OCCOC(=O)[C@H]1[C@@H](C(=O)O)[C@@H]2C=C[C@@]1(OC(=O)C(=C)C)O2. The molecule has 4 bridgehead atoms. The molecule has 14 heteroatoms. The number of esters is 4. The Hall–Kier alpha value is -4.30. The number of fused-ring (bicyclic) bond motifs is 4. The van der Waals surface area contributed by atoms with Gasteiger partial charge in [0.15, 0.2) is 0 Å². The van der Waals surface area contributed by atoms with Gasteiger partial charge in [0.2, 0.25) is 11.6 Å². The predicted molar refractivity (Wildman–Crippen MR) is 126 cm³/mol. The summed E-state index contributed by atoms with van der Waals surface area (Å²) in [5, 5.41) is 19.3. The van der Waals surface area contributed by atoms with Gasteiger partial charge in [0.25, 0.3) is 0 Å². The standard InChI is InChI=1S/C26H26O14/c1-11(2)21(31)39-25-7-5-13(37-25)15(19(27)28)17(25)23(33)35-9-10-36-24(34)18-16(20(29)30)14-6-8-26(18,38-14)40-22(32)12(3)4/h5-8,13-18H,1,3,9-10H2,2,4H3,(H,27,28)(H,29,30)/t13-,14-,15-,16-,17+,18+,25-,26-/m0/s1. The fraction of sp³-hybridized carbons (Fsp3) is 0.462. The van der Waals surface area contributed by atoms with E-state index in [-0.39, 0.29) is 11.1 Å². The van der Waals surface area contributed by atoms with Crippen LogP contribution < -0.4 is 0 Å². The fourth-order valence-corrected chi connectivity index (χ4v) is 5.02. The summed E-state index contributed by atoms with van der Waals surface area (Å²) in [6.07, 6.45) is 3.09. The van der Waals surface area contributed by atoms with Gasteiger partial charge in [-0.2, -0.15) is 0 Å². The van der Waals surface area contributed by atoms with Crippen LogP contribution in [0.4, 0.5) is 0 Å². The summed E-state index contributed by atoms with van der Waals surface area (Å²) in [4.78, 5) is 74.0. The first-order valence-electron chi connectivity index (χ1n) is 12.0. The lowest BCUT2D eigenvalue weighted by Crippen LogP contribution is -2.48. The minimum absolute atomic E-state index is 0.0153. The van der Waals surface area contributed by atoms with Gasteiger partial charge in [-0.1, -0.05) is 25.3 Å². The van der Waals surface area contributed by atoms with E-state index in [0.29, 0.717) is 0 Å². The first-order valence-corrected chi connectivity index (χ1v) is 12.0. The molecule has 0 unspecified atom stereocenters. The fourth-order valence-electron chi connectivity index (χ4n) is 5.02. The maximum atomic E-state index is 13.0. The van der Waals surface area contributed by atoms with Crippen molar-refractivity contribution in [3.05, 3.63) is 48.6 Å². The van der Waals surface area contributed by atoms with E-state index in [0.717, 1.165) is 0 Å². The van der Waals surface area contributed by atoms with Crippen molar-refractivity contribution in [3.8, 4) is 0 Å². The Kier molecular flexibility index (Phi) is 7.43. The Balaban J connectivity index is 1.42. The van der Waals surface area contributed by atoms with Crippen molar-refractivity contribution in [1.29, 1.82) is 0 Å². The van der Waals surface area contributed by atoms with E-state index in [4.69, 9.17) is 28.4 Å². The minimum atomic E-state index is -2.03. The Morgan fingerprint density at radius 3 is 1.38 bits per heavy atom. The summed E-state index contributed by atoms with van der Waals surface area (Å²) in [6.45, 7) is 8.47. The maximum Gasteiger partial charge on any atom is 0.335 e. The molecule has 0 aromatic heterocycles. The summed E-state index contributed by atoms with van der Waals surface area (Å²) in [5.41, 5.74) is -0.0307. The minimum Gasteiger partial charge on any atom is -0.481 e. The van der Waals surface area contributed by atoms with Crippen molar-refractivity contribution < 1.29 is 67.4 Å². The van der Waals surface area contributed by atoms with Crippen molar-refractivity contribution >= 4 is 35.8 Å². The van der Waals surface area contributed by atoms with Crippen molar-refractivity contribution in [2.75, 3.05) is 13.2 Å². The Morgan fingerprint density at radius 2 is 1.07 bits per heavy atom. The second-order valence-electron chi connectivity index (χ2n) is 9.68. The third kappa shape index (κ3) is 4.79. The molecule has 0 aromatic rings. The average Bonchev–Trinajstić information content (AvgIpc) is 3.62. The van der Waals surface area contributed by atoms with Crippen LogP contribution >= 0.6 is 0 Å². The molecule has 2 fully saturated rings. The van der Waals surface area contributed by atoms with E-state index >= 15 is 0 Å². The molecule has 2 N–H and O–H groups in total. The van der Waals surface area contributed by atoms with Gasteiger partial charge in [0.05, 0.1) is 12.2 Å². The molecule has 4 aliphatic rings. The first kappa shape index (κ1) is 28.7. The zero-order valence-electron chi connectivity index (χ0n) is 21.4. The van der Waals surface area contributed by atoms with Crippen LogP contribution in [0.5, 0.6) is 0 Å². The van der Waals surface area contributed by atoms with Gasteiger partial charge in [0.1, 0.15) is 36.9 Å². The van der Waals surface area contributed by atoms with Crippen LogP contribution in [0.25, 0.3) is 0 Å². The lowest BCUT2D eigenvalue weighted by molar-refractivity contribution is -0.211. The van der Waals surface area contributed by atoms with Crippen LogP contribution in [0.1, 0.15) is 13.8 Å². The molecule has 2 saturated heterocycles. The predicted octanol–water partition coefficient (Wildman–Crippen LogP) is 0.275. The number of carboxylic acid groups (broad SMARTS) is 2. The quantitative estimate of drug-likeness (QED) is 0.114. The van der Waals surface area contributed by atoms with Gasteiger partial charge in [-0.15, -0.1) is 0 Å². The van der Waals surface area contributed by atoms with Crippen LogP contribution in [-0.2, 0) is 57.2 Å². The summed E-state index contributed by atoms with van der Waals surface area (Å²) in [6, 6.07) is 0. The number of carbonyl (C=O) groups is 6. The molecule has 14 nitrogen and oxygen atoms in total. The molecule has 0 spiro atoms. The number of rotatable bonds is 11. The number of carboxylic acids is 2. The normalized spacial score (nSPS) is 34.2. The third-order valence-electron chi connectivity index (χ3n) is 6.82. The molecule has 0 amide bonds. The largest absolute Gasteiger partial charge is 0.481 e. The van der Waals surface area contributed by atoms with Gasteiger partial charge < -0.3 is 38.6 Å². The highest BCUT2D eigenvalue weighted by molar-refractivity contribution is 5.90. The molecule has 40 heavy (non-hydrogen) atoms. The lowest BCUT2D eigenvalue weighted by atomic mass is 9.81. The molecule has 214 valence electrons.